The first kappa shape index (κ1) is 26.1. The van der Waals surface area contributed by atoms with E-state index in [2.05, 4.69) is 5.32 Å². The topological polar surface area (TPSA) is 119 Å². The number of halogens is 2. The van der Waals surface area contributed by atoms with E-state index in [0.717, 1.165) is 16.2 Å². The minimum Gasteiger partial charge on any atom is -0.530 e. The monoisotopic (exact) mass is 562 g/mol. The molecule has 0 spiro atoms. The van der Waals surface area contributed by atoms with Gasteiger partial charge < -0.3 is 20.5 Å². The average molecular weight is 563 g/mol. The van der Waals surface area contributed by atoms with Crippen LogP contribution in [0.5, 0.6) is 0 Å². The van der Waals surface area contributed by atoms with Crippen LogP contribution in [0.3, 0.4) is 0 Å². The summed E-state index contributed by atoms with van der Waals surface area (Å²) in [7, 11) is 0. The van der Waals surface area contributed by atoms with Gasteiger partial charge in [-0.25, -0.2) is 4.39 Å². The van der Waals surface area contributed by atoms with Gasteiger partial charge in [-0.1, -0.05) is 41.9 Å². The molecule has 11 heteroatoms. The Balaban J connectivity index is 1.37. The van der Waals surface area contributed by atoms with E-state index in [1.165, 1.54) is 18.2 Å². The Bertz CT molecular complexity index is 1650. The van der Waals surface area contributed by atoms with Gasteiger partial charge in [-0.2, -0.15) is 0 Å². The lowest BCUT2D eigenvalue weighted by molar-refractivity contribution is -0.251. The Kier molecular flexibility index (Phi) is 7.14. The van der Waals surface area contributed by atoms with Gasteiger partial charge in [0.15, 0.2) is 0 Å². The number of nitrogens with one attached hydrogen (secondary N) is 2. The number of fused-ring (bicyclic) bond motifs is 1. The molecule has 0 unspecified atom stereocenters. The highest BCUT2D eigenvalue weighted by Gasteiger charge is 2.37. The van der Waals surface area contributed by atoms with E-state index in [1.54, 1.807) is 54.6 Å². The van der Waals surface area contributed by atoms with E-state index in [1.807, 2.05) is 5.32 Å². The van der Waals surface area contributed by atoms with Gasteiger partial charge in [0.2, 0.25) is 0 Å². The van der Waals surface area contributed by atoms with Crippen molar-refractivity contribution in [3.05, 3.63) is 110 Å². The molecular weight excluding hydrogens is 545 g/mol. The molecule has 8 nitrogen and oxygen atoms in total. The highest BCUT2D eigenvalue weighted by atomic mass is 35.5. The molecule has 4 aromatic rings. The minimum atomic E-state index is -1.51. The summed E-state index contributed by atoms with van der Waals surface area (Å²) in [5, 5.41) is 15.4. The number of carbonyl (C=O) groups excluding carboxylic acids is 4. The van der Waals surface area contributed by atoms with Crippen molar-refractivity contribution in [3.63, 3.8) is 0 Å². The number of benzene rings is 3. The van der Waals surface area contributed by atoms with Crippen LogP contribution < -0.4 is 15.7 Å². The fourth-order valence-corrected chi connectivity index (χ4v) is 5.23. The van der Waals surface area contributed by atoms with Gasteiger partial charge in [0.25, 0.3) is 17.7 Å². The number of imide groups is 1. The molecular formula is C28H18ClFN3O5S-. The summed E-state index contributed by atoms with van der Waals surface area (Å²) in [6.45, 7) is -0.288. The molecule has 5 rings (SSSR count). The van der Waals surface area contributed by atoms with E-state index < -0.39 is 29.6 Å². The number of hydrogen-bond donors (Lipinski definition) is 2. The van der Waals surface area contributed by atoms with Gasteiger partial charge in [-0.3, -0.25) is 19.3 Å². The van der Waals surface area contributed by atoms with Crippen molar-refractivity contribution in [2.75, 3.05) is 5.32 Å². The molecule has 2 N–H and O–H groups in total. The summed E-state index contributed by atoms with van der Waals surface area (Å²) in [6, 6.07) is 19.2. The molecule has 0 fully saturated rings. The SMILES string of the molecule is O=C([O-])NCc1cc(-c2cccc(CN3C(=O)c4cccc(NC(=O)c5ccc(Cl)s5)c4C3=O)c2)ccc1F. The van der Waals surface area contributed by atoms with Gasteiger partial charge in [-0.15, -0.1) is 11.3 Å². The van der Waals surface area contributed by atoms with Crippen LogP contribution in [0.2, 0.25) is 4.34 Å². The van der Waals surface area contributed by atoms with Crippen molar-refractivity contribution in [1.82, 2.24) is 10.2 Å². The van der Waals surface area contributed by atoms with Crippen LogP contribution in [0.25, 0.3) is 11.1 Å². The van der Waals surface area contributed by atoms with Gasteiger partial charge in [-0.05, 0) is 59.2 Å². The molecule has 4 amide bonds. The zero-order valence-electron chi connectivity index (χ0n) is 20.0. The Morgan fingerprint density at radius 3 is 2.46 bits per heavy atom. The molecule has 0 bridgehead atoms. The third-order valence-electron chi connectivity index (χ3n) is 6.11. The van der Waals surface area contributed by atoms with Gasteiger partial charge >= 0.3 is 0 Å². The number of anilines is 1. The van der Waals surface area contributed by atoms with Gasteiger partial charge in [0, 0.05) is 12.1 Å². The molecule has 0 aliphatic carbocycles. The number of nitrogens with zero attached hydrogens (tertiary/aromatic N) is 1. The number of carboxylic acid groups (broad SMARTS) is 1. The van der Waals surface area contributed by atoms with Crippen molar-refractivity contribution in [2.24, 2.45) is 0 Å². The minimum absolute atomic E-state index is 0.0333. The average Bonchev–Trinajstić information content (AvgIpc) is 3.46. The molecule has 196 valence electrons. The molecule has 0 atom stereocenters. The quantitative estimate of drug-likeness (QED) is 0.317. The molecule has 3 aromatic carbocycles. The highest BCUT2D eigenvalue weighted by molar-refractivity contribution is 7.18. The lowest BCUT2D eigenvalue weighted by Gasteiger charge is -2.15. The van der Waals surface area contributed by atoms with Crippen molar-refractivity contribution in [2.45, 2.75) is 13.1 Å². The van der Waals surface area contributed by atoms with Crippen molar-refractivity contribution >= 4 is 52.4 Å². The number of amides is 4. The summed E-state index contributed by atoms with van der Waals surface area (Å²) in [4.78, 5) is 51.3. The van der Waals surface area contributed by atoms with E-state index in [9.17, 15) is 28.7 Å². The predicted octanol–water partition coefficient (Wildman–Crippen LogP) is 4.69. The van der Waals surface area contributed by atoms with Crippen LogP contribution >= 0.6 is 22.9 Å². The number of hydrogen-bond acceptors (Lipinski definition) is 6. The second-order valence-electron chi connectivity index (χ2n) is 8.63. The summed E-state index contributed by atoms with van der Waals surface area (Å²) in [5.74, 6) is -2.05. The zero-order chi connectivity index (χ0) is 27.7. The van der Waals surface area contributed by atoms with Crippen LogP contribution in [0.15, 0.2) is 72.8 Å². The highest BCUT2D eigenvalue weighted by Crippen LogP contribution is 2.32. The summed E-state index contributed by atoms with van der Waals surface area (Å²) in [5.41, 5.74) is 2.60. The first-order valence-electron chi connectivity index (χ1n) is 11.6. The number of rotatable bonds is 7. The first-order valence-corrected chi connectivity index (χ1v) is 12.8. The van der Waals surface area contributed by atoms with Crippen LogP contribution in [0.1, 0.15) is 41.5 Å². The molecule has 1 aliphatic heterocycles. The second kappa shape index (κ2) is 10.7. The standard InChI is InChI=1S/C28H19ClFN3O5S/c29-23-10-9-22(39-23)25(34)32-21-6-2-5-19-24(21)27(36)33(26(19)35)14-15-3-1-4-16(11-15)17-7-8-20(30)18(12-17)13-31-28(37)38/h1-12,31H,13-14H2,(H,32,34)(H,37,38)/p-1. The van der Waals surface area contributed by atoms with E-state index in [4.69, 9.17) is 11.6 Å². The smallest absolute Gasteiger partial charge is 0.265 e. The molecule has 1 aliphatic rings. The maximum absolute atomic E-state index is 14.1. The van der Waals surface area contributed by atoms with Crippen LogP contribution in [-0.4, -0.2) is 28.7 Å². The number of carbonyl (C=O) groups is 4. The van der Waals surface area contributed by atoms with E-state index >= 15 is 0 Å². The van der Waals surface area contributed by atoms with Gasteiger partial charge in [0.1, 0.15) is 11.9 Å². The Morgan fingerprint density at radius 2 is 1.72 bits per heavy atom. The fourth-order valence-electron chi connectivity index (χ4n) is 4.29. The summed E-state index contributed by atoms with van der Waals surface area (Å²) in [6.07, 6.45) is -1.51. The molecule has 1 aromatic heterocycles. The van der Waals surface area contributed by atoms with Gasteiger partial charge in [0.05, 0.1) is 32.6 Å². The second-order valence-corrected chi connectivity index (χ2v) is 10.3. The molecule has 0 saturated carbocycles. The van der Waals surface area contributed by atoms with Crippen LogP contribution in [0.4, 0.5) is 14.9 Å². The maximum atomic E-state index is 14.1. The van der Waals surface area contributed by atoms with E-state index in [0.29, 0.717) is 25.9 Å². The Hall–Kier alpha value is -4.54. The third-order valence-corrected chi connectivity index (χ3v) is 7.34. The van der Waals surface area contributed by atoms with Crippen LogP contribution in [-0.2, 0) is 13.1 Å². The lowest BCUT2D eigenvalue weighted by Crippen LogP contribution is -2.36. The van der Waals surface area contributed by atoms with Crippen molar-refractivity contribution < 1.29 is 28.7 Å². The summed E-state index contributed by atoms with van der Waals surface area (Å²) >= 11 is 7.01. The normalized spacial score (nSPS) is 12.4. The molecule has 0 radical (unpaired) electrons. The molecule has 0 saturated heterocycles. The maximum Gasteiger partial charge on any atom is 0.265 e. The largest absolute Gasteiger partial charge is 0.530 e. The van der Waals surface area contributed by atoms with Crippen LogP contribution in [0, 0.1) is 5.82 Å². The molecule has 2 heterocycles. The number of thiophene rings is 1. The Labute approximate surface area is 230 Å². The molecule has 39 heavy (non-hydrogen) atoms. The zero-order valence-corrected chi connectivity index (χ0v) is 21.6. The predicted molar refractivity (Wildman–Crippen MR) is 142 cm³/mol. The van der Waals surface area contributed by atoms with E-state index in [-0.39, 0.29) is 35.5 Å². The summed E-state index contributed by atoms with van der Waals surface area (Å²) < 4.78 is 14.6. The lowest BCUT2D eigenvalue weighted by atomic mass is 10.0. The van der Waals surface area contributed by atoms with Crippen molar-refractivity contribution in [1.29, 1.82) is 0 Å². The Morgan fingerprint density at radius 1 is 0.949 bits per heavy atom. The third kappa shape index (κ3) is 5.38. The first-order chi connectivity index (χ1) is 18.7. The van der Waals surface area contributed by atoms with Crippen molar-refractivity contribution in [3.8, 4) is 11.1 Å². The fraction of sp³-hybridized carbons (Fsp3) is 0.0714.